The molecule has 7 heteroatoms. The van der Waals surface area contributed by atoms with Crippen LogP contribution in [0, 0.1) is 5.92 Å². The number of carbonyl (C=O) groups excluding carboxylic acids is 1. The molecule has 2 fully saturated rings. The highest BCUT2D eigenvalue weighted by Gasteiger charge is 2.46. The van der Waals surface area contributed by atoms with Crippen molar-refractivity contribution in [2.75, 3.05) is 39.0 Å². The van der Waals surface area contributed by atoms with Gasteiger partial charge in [-0.2, -0.15) is 4.31 Å². The second kappa shape index (κ2) is 6.22. The summed E-state index contributed by atoms with van der Waals surface area (Å²) < 4.78 is 26.7. The Hall–Kier alpha value is -0.660. The molecule has 0 aliphatic carbocycles. The lowest BCUT2D eigenvalue weighted by molar-refractivity contribution is -0.142. The monoisotopic (exact) mass is 317 g/mol. The van der Waals surface area contributed by atoms with E-state index in [2.05, 4.69) is 5.32 Å². The molecule has 0 bridgehead atoms. The van der Waals surface area contributed by atoms with E-state index in [4.69, 9.17) is 0 Å². The van der Waals surface area contributed by atoms with Crippen molar-refractivity contribution in [2.45, 2.75) is 38.6 Å². The number of sulfonamides is 1. The Balaban J connectivity index is 2.02. The van der Waals surface area contributed by atoms with Crippen LogP contribution in [0.5, 0.6) is 0 Å². The van der Waals surface area contributed by atoms with Gasteiger partial charge in [-0.3, -0.25) is 4.79 Å². The van der Waals surface area contributed by atoms with Crippen molar-refractivity contribution in [2.24, 2.45) is 5.92 Å². The Morgan fingerprint density at radius 1 is 1.24 bits per heavy atom. The van der Waals surface area contributed by atoms with Gasteiger partial charge < -0.3 is 10.2 Å². The van der Waals surface area contributed by atoms with Crippen molar-refractivity contribution in [1.29, 1.82) is 0 Å². The van der Waals surface area contributed by atoms with Crippen molar-refractivity contribution in [1.82, 2.24) is 14.5 Å². The molecule has 2 aliphatic heterocycles. The lowest BCUT2D eigenvalue weighted by Gasteiger charge is -2.43. The molecule has 2 saturated heterocycles. The van der Waals surface area contributed by atoms with Crippen LogP contribution in [0.4, 0.5) is 0 Å². The molecule has 6 nitrogen and oxygen atoms in total. The van der Waals surface area contributed by atoms with Crippen LogP contribution in [0.3, 0.4) is 0 Å². The number of rotatable bonds is 4. The van der Waals surface area contributed by atoms with Crippen LogP contribution in [0.15, 0.2) is 0 Å². The quantitative estimate of drug-likeness (QED) is 0.807. The number of hydrogen-bond donors (Lipinski definition) is 1. The second-order valence-corrected chi connectivity index (χ2v) is 8.67. The molecule has 122 valence electrons. The molecule has 0 spiro atoms. The summed E-state index contributed by atoms with van der Waals surface area (Å²) in [6, 6.07) is 0. The van der Waals surface area contributed by atoms with Gasteiger partial charge in [0.25, 0.3) is 0 Å². The number of likely N-dealkylation sites (N-methyl/N-ethyl adjacent to an activating group) is 1. The number of carbonyl (C=O) groups is 1. The van der Waals surface area contributed by atoms with E-state index in [1.807, 2.05) is 0 Å². The van der Waals surface area contributed by atoms with Gasteiger partial charge in [-0.05, 0) is 52.1 Å². The number of nitrogens with one attached hydrogen (secondary N) is 1. The molecule has 0 radical (unpaired) electrons. The molecule has 0 unspecified atom stereocenters. The van der Waals surface area contributed by atoms with Crippen molar-refractivity contribution in [3.8, 4) is 0 Å². The third kappa shape index (κ3) is 3.57. The first kappa shape index (κ1) is 16.7. The standard InChI is InChI=1S/C14H27N3O3S/c1-14(2)13(18)16(3)9-10-17(14)21(19,20)11-6-12-4-7-15-8-5-12/h12,15H,4-11H2,1-3H3. The molecular weight excluding hydrogens is 290 g/mol. The van der Waals surface area contributed by atoms with Gasteiger partial charge in [0.1, 0.15) is 5.54 Å². The van der Waals surface area contributed by atoms with Crippen LogP contribution in [0.2, 0.25) is 0 Å². The average Bonchev–Trinajstić information content (AvgIpc) is 2.43. The normalized spacial score (nSPS) is 25.3. The van der Waals surface area contributed by atoms with Gasteiger partial charge in [0.15, 0.2) is 0 Å². The molecule has 1 N–H and O–H groups in total. The summed E-state index contributed by atoms with van der Waals surface area (Å²) in [7, 11) is -1.66. The molecule has 2 aliphatic rings. The molecule has 0 atom stereocenters. The maximum atomic E-state index is 12.6. The Morgan fingerprint density at radius 2 is 1.86 bits per heavy atom. The van der Waals surface area contributed by atoms with E-state index >= 15 is 0 Å². The fraction of sp³-hybridized carbons (Fsp3) is 0.929. The molecule has 21 heavy (non-hydrogen) atoms. The first-order chi connectivity index (χ1) is 9.75. The zero-order chi connectivity index (χ0) is 15.7. The summed E-state index contributed by atoms with van der Waals surface area (Å²) in [5.41, 5.74) is -0.972. The van der Waals surface area contributed by atoms with Crippen LogP contribution in [0.25, 0.3) is 0 Å². The minimum Gasteiger partial charge on any atom is -0.343 e. The fourth-order valence-corrected chi connectivity index (χ4v) is 5.26. The highest BCUT2D eigenvalue weighted by molar-refractivity contribution is 7.89. The van der Waals surface area contributed by atoms with E-state index in [1.165, 1.54) is 4.31 Å². The number of piperazine rings is 1. The molecule has 2 heterocycles. The van der Waals surface area contributed by atoms with Gasteiger partial charge >= 0.3 is 0 Å². The fourth-order valence-electron chi connectivity index (χ4n) is 3.28. The molecule has 0 aromatic heterocycles. The SMILES string of the molecule is CN1CCN(S(=O)(=O)CCC2CCNCC2)C(C)(C)C1=O. The first-order valence-corrected chi connectivity index (χ1v) is 9.33. The predicted octanol–water partition coefficient (Wildman–Crippen LogP) is 0.259. The minimum absolute atomic E-state index is 0.126. The maximum absolute atomic E-state index is 12.6. The lowest BCUT2D eigenvalue weighted by Crippen LogP contribution is -2.63. The Labute approximate surface area is 127 Å². The molecule has 0 aromatic carbocycles. The largest absolute Gasteiger partial charge is 0.343 e. The van der Waals surface area contributed by atoms with Gasteiger partial charge in [-0.1, -0.05) is 0 Å². The average molecular weight is 317 g/mol. The van der Waals surface area contributed by atoms with E-state index in [1.54, 1.807) is 25.8 Å². The topological polar surface area (TPSA) is 69.7 Å². The third-order valence-electron chi connectivity index (χ3n) is 4.71. The number of amides is 1. The van der Waals surface area contributed by atoms with Gasteiger partial charge in [-0.25, -0.2) is 8.42 Å². The van der Waals surface area contributed by atoms with E-state index < -0.39 is 15.6 Å². The summed E-state index contributed by atoms with van der Waals surface area (Å²) in [6.45, 7) is 6.21. The van der Waals surface area contributed by atoms with Gasteiger partial charge in [-0.15, -0.1) is 0 Å². The number of piperidine rings is 1. The summed E-state index contributed by atoms with van der Waals surface area (Å²) in [5.74, 6) is 0.504. The van der Waals surface area contributed by atoms with Gasteiger partial charge in [0.05, 0.1) is 5.75 Å². The van der Waals surface area contributed by atoms with E-state index in [-0.39, 0.29) is 11.7 Å². The van der Waals surface area contributed by atoms with Crippen molar-refractivity contribution >= 4 is 15.9 Å². The van der Waals surface area contributed by atoms with Crippen LogP contribution in [0.1, 0.15) is 33.1 Å². The zero-order valence-electron chi connectivity index (χ0n) is 13.3. The Kier molecular flexibility index (Phi) is 4.95. The second-order valence-electron chi connectivity index (χ2n) is 6.66. The molecule has 0 saturated carbocycles. The maximum Gasteiger partial charge on any atom is 0.243 e. The van der Waals surface area contributed by atoms with Crippen molar-refractivity contribution in [3.05, 3.63) is 0 Å². The number of nitrogens with zero attached hydrogens (tertiary/aromatic N) is 2. The van der Waals surface area contributed by atoms with E-state index in [0.717, 1.165) is 25.9 Å². The summed E-state index contributed by atoms with van der Waals surface area (Å²) in [6.07, 6.45) is 2.78. The molecule has 2 rings (SSSR count). The van der Waals surface area contributed by atoms with Crippen molar-refractivity contribution < 1.29 is 13.2 Å². The van der Waals surface area contributed by atoms with Crippen LogP contribution in [-0.2, 0) is 14.8 Å². The van der Waals surface area contributed by atoms with E-state index in [0.29, 0.717) is 25.4 Å². The van der Waals surface area contributed by atoms with Gasteiger partial charge in [0.2, 0.25) is 15.9 Å². The third-order valence-corrected chi connectivity index (χ3v) is 6.77. The highest BCUT2D eigenvalue weighted by atomic mass is 32.2. The van der Waals surface area contributed by atoms with Gasteiger partial charge in [0, 0.05) is 20.1 Å². The minimum atomic E-state index is -3.38. The lowest BCUT2D eigenvalue weighted by atomic mass is 9.96. The van der Waals surface area contributed by atoms with Crippen LogP contribution >= 0.6 is 0 Å². The van der Waals surface area contributed by atoms with Crippen LogP contribution < -0.4 is 5.32 Å². The first-order valence-electron chi connectivity index (χ1n) is 7.72. The Bertz CT molecular complexity index is 484. The number of hydrogen-bond acceptors (Lipinski definition) is 4. The zero-order valence-corrected chi connectivity index (χ0v) is 14.1. The van der Waals surface area contributed by atoms with Crippen LogP contribution in [-0.4, -0.2) is 68.0 Å². The summed E-state index contributed by atoms with van der Waals surface area (Å²) in [5, 5.41) is 3.29. The Morgan fingerprint density at radius 3 is 2.48 bits per heavy atom. The predicted molar refractivity (Wildman–Crippen MR) is 82.4 cm³/mol. The highest BCUT2D eigenvalue weighted by Crippen LogP contribution is 2.27. The summed E-state index contributed by atoms with van der Waals surface area (Å²) >= 11 is 0. The smallest absolute Gasteiger partial charge is 0.243 e. The van der Waals surface area contributed by atoms with Crippen molar-refractivity contribution in [3.63, 3.8) is 0 Å². The molecule has 1 amide bonds. The molecular formula is C14H27N3O3S. The molecule has 0 aromatic rings. The summed E-state index contributed by atoms with van der Waals surface area (Å²) in [4.78, 5) is 13.8. The van der Waals surface area contributed by atoms with E-state index in [9.17, 15) is 13.2 Å².